The molecule has 1 unspecified atom stereocenters. The van der Waals surface area contributed by atoms with Gasteiger partial charge in [0, 0.05) is 43.2 Å². The third kappa shape index (κ3) is 5.04. The Morgan fingerprint density at radius 1 is 1.18 bits per heavy atom. The van der Waals surface area contributed by atoms with Gasteiger partial charge in [0.25, 0.3) is 0 Å². The van der Waals surface area contributed by atoms with E-state index in [4.69, 9.17) is 11.6 Å². The van der Waals surface area contributed by atoms with Crippen molar-refractivity contribution in [2.24, 2.45) is 5.92 Å². The number of nitrogens with zero attached hydrogens (tertiary/aromatic N) is 2. The van der Waals surface area contributed by atoms with E-state index in [0.29, 0.717) is 37.5 Å². The van der Waals surface area contributed by atoms with Gasteiger partial charge in [-0.3, -0.25) is 14.4 Å². The largest absolute Gasteiger partial charge is 0.353 e. The molecule has 2 saturated heterocycles. The molecular weight excluding hydrogens is 378 g/mol. The van der Waals surface area contributed by atoms with Gasteiger partial charge in [-0.05, 0) is 44.4 Å². The molecule has 3 rings (SSSR count). The quantitative estimate of drug-likeness (QED) is 0.816. The third-order valence-corrected chi connectivity index (χ3v) is 5.87. The van der Waals surface area contributed by atoms with E-state index in [1.807, 2.05) is 30.9 Å². The highest BCUT2D eigenvalue weighted by atomic mass is 35.5. The minimum atomic E-state index is -0.264. The number of carbonyl (C=O) groups excluding carboxylic acids is 3. The first-order valence-electron chi connectivity index (χ1n) is 9.95. The average molecular weight is 406 g/mol. The molecule has 7 heteroatoms. The second-order valence-electron chi connectivity index (χ2n) is 8.01. The van der Waals surface area contributed by atoms with E-state index < -0.39 is 0 Å². The molecule has 152 valence electrons. The molecule has 2 aliphatic heterocycles. The molecule has 0 bridgehead atoms. The predicted molar refractivity (Wildman–Crippen MR) is 108 cm³/mol. The highest BCUT2D eigenvalue weighted by Crippen LogP contribution is 2.21. The van der Waals surface area contributed by atoms with Crippen molar-refractivity contribution in [3.63, 3.8) is 0 Å². The van der Waals surface area contributed by atoms with Gasteiger partial charge in [0.2, 0.25) is 17.7 Å². The van der Waals surface area contributed by atoms with Crippen molar-refractivity contribution in [2.75, 3.05) is 19.6 Å². The normalized spacial score (nSPS) is 20.7. The first-order chi connectivity index (χ1) is 13.3. The van der Waals surface area contributed by atoms with Gasteiger partial charge in [-0.15, -0.1) is 0 Å². The Hall–Kier alpha value is -2.08. The lowest BCUT2D eigenvalue weighted by atomic mass is 10.0. The minimum Gasteiger partial charge on any atom is -0.353 e. The van der Waals surface area contributed by atoms with Crippen LogP contribution in [0.25, 0.3) is 0 Å². The molecule has 0 radical (unpaired) electrons. The fraction of sp³-hybridized carbons (Fsp3) is 0.571. The lowest BCUT2D eigenvalue weighted by Crippen LogP contribution is -2.48. The topological polar surface area (TPSA) is 69.7 Å². The second-order valence-corrected chi connectivity index (χ2v) is 8.44. The first kappa shape index (κ1) is 20.6. The number of halogens is 1. The van der Waals surface area contributed by atoms with Crippen LogP contribution in [0.15, 0.2) is 24.3 Å². The molecule has 1 N–H and O–H groups in total. The predicted octanol–water partition coefficient (Wildman–Crippen LogP) is 2.25. The summed E-state index contributed by atoms with van der Waals surface area (Å²) in [5, 5.41) is 3.75. The van der Waals surface area contributed by atoms with E-state index in [0.717, 1.165) is 18.4 Å². The van der Waals surface area contributed by atoms with Crippen LogP contribution in [0.2, 0.25) is 5.02 Å². The van der Waals surface area contributed by atoms with Crippen molar-refractivity contribution in [3.05, 3.63) is 34.9 Å². The zero-order valence-corrected chi connectivity index (χ0v) is 17.2. The minimum absolute atomic E-state index is 0.0394. The average Bonchev–Trinajstić information content (AvgIpc) is 3.06. The Morgan fingerprint density at radius 3 is 2.39 bits per heavy atom. The number of amides is 3. The van der Waals surface area contributed by atoms with E-state index in [-0.39, 0.29) is 35.7 Å². The van der Waals surface area contributed by atoms with Crippen molar-refractivity contribution < 1.29 is 14.4 Å². The number of carbonyl (C=O) groups is 3. The summed E-state index contributed by atoms with van der Waals surface area (Å²) in [6.07, 6.45) is 2.14. The fourth-order valence-electron chi connectivity index (χ4n) is 3.89. The summed E-state index contributed by atoms with van der Waals surface area (Å²) in [5.74, 6) is -0.152. The van der Waals surface area contributed by atoms with Gasteiger partial charge < -0.3 is 15.1 Å². The zero-order valence-electron chi connectivity index (χ0n) is 16.5. The van der Waals surface area contributed by atoms with Crippen molar-refractivity contribution >= 4 is 29.3 Å². The van der Waals surface area contributed by atoms with E-state index >= 15 is 0 Å². The molecular formula is C21H28ClN3O3. The number of benzene rings is 1. The Kier molecular flexibility index (Phi) is 6.60. The van der Waals surface area contributed by atoms with Crippen molar-refractivity contribution in [3.8, 4) is 0 Å². The lowest BCUT2D eigenvalue weighted by molar-refractivity contribution is -0.132. The van der Waals surface area contributed by atoms with Crippen LogP contribution in [-0.2, 0) is 20.8 Å². The summed E-state index contributed by atoms with van der Waals surface area (Å²) in [6.45, 7) is 5.71. The van der Waals surface area contributed by atoms with Gasteiger partial charge in [0.05, 0.1) is 12.3 Å². The molecule has 6 nitrogen and oxygen atoms in total. The van der Waals surface area contributed by atoms with Crippen LogP contribution in [0.5, 0.6) is 0 Å². The van der Waals surface area contributed by atoms with E-state index in [9.17, 15) is 14.4 Å². The molecule has 0 spiro atoms. The second kappa shape index (κ2) is 8.95. The molecule has 2 aliphatic rings. The summed E-state index contributed by atoms with van der Waals surface area (Å²) in [4.78, 5) is 40.6. The summed E-state index contributed by atoms with van der Waals surface area (Å²) in [5.41, 5.74) is 0.949. The number of nitrogens with one attached hydrogen (secondary N) is 1. The maximum atomic E-state index is 12.5. The summed E-state index contributed by atoms with van der Waals surface area (Å²) < 4.78 is 0. The van der Waals surface area contributed by atoms with Crippen LogP contribution >= 0.6 is 11.6 Å². The molecule has 0 aromatic heterocycles. The van der Waals surface area contributed by atoms with E-state index in [1.165, 1.54) is 0 Å². The van der Waals surface area contributed by atoms with E-state index in [2.05, 4.69) is 5.32 Å². The lowest BCUT2D eigenvalue weighted by Gasteiger charge is -2.33. The Morgan fingerprint density at radius 2 is 1.82 bits per heavy atom. The highest BCUT2D eigenvalue weighted by molar-refractivity contribution is 6.30. The zero-order chi connectivity index (χ0) is 20.3. The smallest absolute Gasteiger partial charge is 0.226 e. The molecule has 2 fully saturated rings. The number of hydrogen-bond donors (Lipinski definition) is 1. The molecule has 0 aliphatic carbocycles. The molecule has 0 saturated carbocycles. The standard InChI is InChI=1S/C21H28ClN3O3/c1-14(2)25-13-16(12-20(25)27)21(28)23-18-7-9-24(10-8-18)19(26)11-15-3-5-17(22)6-4-15/h3-6,14,16,18H,7-13H2,1-2H3,(H,23,28). The molecule has 2 heterocycles. The summed E-state index contributed by atoms with van der Waals surface area (Å²) >= 11 is 5.88. The van der Waals surface area contributed by atoms with Gasteiger partial charge in [-0.2, -0.15) is 0 Å². The maximum Gasteiger partial charge on any atom is 0.226 e. The number of rotatable bonds is 5. The summed E-state index contributed by atoms with van der Waals surface area (Å²) in [7, 11) is 0. The van der Waals surface area contributed by atoms with Crippen molar-refractivity contribution in [2.45, 2.75) is 51.6 Å². The molecule has 28 heavy (non-hydrogen) atoms. The van der Waals surface area contributed by atoms with Crippen molar-refractivity contribution in [1.29, 1.82) is 0 Å². The van der Waals surface area contributed by atoms with Gasteiger partial charge in [-0.1, -0.05) is 23.7 Å². The van der Waals surface area contributed by atoms with Gasteiger partial charge in [0.1, 0.15) is 0 Å². The number of likely N-dealkylation sites (tertiary alicyclic amines) is 2. The Bertz CT molecular complexity index is 727. The van der Waals surface area contributed by atoms with Crippen LogP contribution in [0.1, 0.15) is 38.7 Å². The maximum absolute atomic E-state index is 12.5. The van der Waals surface area contributed by atoms with Gasteiger partial charge in [-0.25, -0.2) is 0 Å². The fourth-order valence-corrected chi connectivity index (χ4v) is 4.01. The van der Waals surface area contributed by atoms with Gasteiger partial charge >= 0.3 is 0 Å². The molecule has 1 aromatic rings. The third-order valence-electron chi connectivity index (χ3n) is 5.62. The van der Waals surface area contributed by atoms with Crippen molar-refractivity contribution in [1.82, 2.24) is 15.1 Å². The molecule has 3 amide bonds. The molecule has 1 aromatic carbocycles. The van der Waals surface area contributed by atoms with Crippen LogP contribution in [0.3, 0.4) is 0 Å². The number of piperidine rings is 1. The van der Waals surface area contributed by atoms with E-state index in [1.54, 1.807) is 17.0 Å². The summed E-state index contributed by atoms with van der Waals surface area (Å²) in [6, 6.07) is 7.52. The van der Waals surface area contributed by atoms with Gasteiger partial charge in [0.15, 0.2) is 0 Å². The highest BCUT2D eigenvalue weighted by Gasteiger charge is 2.36. The van der Waals surface area contributed by atoms with Crippen LogP contribution in [0.4, 0.5) is 0 Å². The SMILES string of the molecule is CC(C)N1CC(C(=O)NC2CCN(C(=O)Cc3ccc(Cl)cc3)CC2)CC1=O. The monoisotopic (exact) mass is 405 g/mol. The van der Waals surface area contributed by atoms with Crippen LogP contribution < -0.4 is 5.32 Å². The number of hydrogen-bond acceptors (Lipinski definition) is 3. The molecule has 1 atom stereocenters. The van der Waals surface area contributed by atoms with Crippen LogP contribution in [0, 0.1) is 5.92 Å². The Labute approximate surface area is 171 Å². The Balaban J connectivity index is 1.44. The first-order valence-corrected chi connectivity index (χ1v) is 10.3. The van der Waals surface area contributed by atoms with Crippen LogP contribution in [-0.4, -0.2) is 59.2 Å².